The lowest BCUT2D eigenvalue weighted by molar-refractivity contribution is -0.153. The van der Waals surface area contributed by atoms with Crippen molar-refractivity contribution < 1.29 is 28.6 Å². The Labute approximate surface area is 176 Å². The highest BCUT2D eigenvalue weighted by Gasteiger charge is 2.65. The van der Waals surface area contributed by atoms with Crippen LogP contribution >= 0.6 is 0 Å². The Morgan fingerprint density at radius 3 is 2.67 bits per heavy atom. The van der Waals surface area contributed by atoms with Crippen LogP contribution in [0.25, 0.3) is 0 Å². The molecule has 0 heterocycles. The van der Waals surface area contributed by atoms with Gasteiger partial charge in [0.1, 0.15) is 12.8 Å². The van der Waals surface area contributed by atoms with E-state index >= 15 is 4.39 Å². The van der Waals surface area contributed by atoms with Crippen molar-refractivity contribution in [2.45, 2.75) is 59.2 Å². The van der Waals surface area contributed by atoms with E-state index in [0.29, 0.717) is 12.0 Å². The lowest BCUT2D eigenvalue weighted by Crippen LogP contribution is -2.58. The molecule has 4 aliphatic rings. The molecule has 30 heavy (non-hydrogen) atoms. The molecule has 3 fully saturated rings. The molecule has 0 aromatic rings. The number of ketones is 2. The second-order valence-electron chi connectivity index (χ2n) is 10.3. The lowest BCUT2D eigenvalue weighted by atomic mass is 9.46. The minimum Gasteiger partial charge on any atom is -0.458 e. The molecule has 0 aromatic heterocycles. The van der Waals surface area contributed by atoms with Crippen molar-refractivity contribution in [1.82, 2.24) is 0 Å². The highest BCUT2D eigenvalue weighted by Crippen LogP contribution is 2.67. The highest BCUT2D eigenvalue weighted by molar-refractivity contribution is 6.01. The van der Waals surface area contributed by atoms with Crippen LogP contribution in [-0.4, -0.2) is 41.5 Å². The van der Waals surface area contributed by atoms with Gasteiger partial charge in [0.2, 0.25) is 0 Å². The van der Waals surface area contributed by atoms with Crippen molar-refractivity contribution in [1.29, 1.82) is 0 Å². The standard InChI is InChI=1S/C24H31FO5/c1-12-7-16-15-9-18(25)17-8-14(27)5-6-23(17,3)22(15)19(28)10-24(16,4)21(12)20(29)11-30-13(2)26/h5-6,8,12,15-16,18-19,21-22,28H,7,9-11H2,1-4H3/t12-,15+,16+,18+,19+,21-,22-,23+,24+/m1/s1. The summed E-state index contributed by atoms with van der Waals surface area (Å²) in [4.78, 5) is 36.1. The molecular weight excluding hydrogens is 387 g/mol. The second kappa shape index (κ2) is 7.11. The number of hydrogen-bond donors (Lipinski definition) is 1. The summed E-state index contributed by atoms with van der Waals surface area (Å²) in [5.41, 5.74) is -0.685. The third kappa shape index (κ3) is 3.02. The van der Waals surface area contributed by atoms with E-state index < -0.39 is 29.1 Å². The third-order valence-electron chi connectivity index (χ3n) is 8.58. The molecule has 0 aliphatic heterocycles. The maximum absolute atomic E-state index is 15.3. The first-order valence-electron chi connectivity index (χ1n) is 10.9. The number of carbonyl (C=O) groups is 3. The van der Waals surface area contributed by atoms with E-state index in [1.165, 1.54) is 19.1 Å². The van der Waals surface area contributed by atoms with Crippen LogP contribution in [0, 0.1) is 40.4 Å². The van der Waals surface area contributed by atoms with Crippen LogP contribution in [0.4, 0.5) is 4.39 Å². The number of rotatable bonds is 3. The Bertz CT molecular complexity index is 847. The number of halogens is 1. The van der Waals surface area contributed by atoms with Crippen LogP contribution in [0.3, 0.4) is 0 Å². The summed E-state index contributed by atoms with van der Waals surface area (Å²) in [5.74, 6) is -1.24. The number of Topliss-reactive ketones (excluding diaryl/α,β-unsaturated/α-hetero) is 1. The lowest BCUT2D eigenvalue weighted by Gasteiger charge is -2.59. The number of ether oxygens (including phenoxy) is 1. The first-order valence-corrected chi connectivity index (χ1v) is 10.9. The van der Waals surface area contributed by atoms with Crippen LogP contribution in [0.5, 0.6) is 0 Å². The molecule has 4 aliphatic carbocycles. The monoisotopic (exact) mass is 418 g/mol. The number of carbonyl (C=O) groups excluding carboxylic acids is 3. The van der Waals surface area contributed by atoms with E-state index in [1.807, 2.05) is 20.8 Å². The predicted octanol–water partition coefficient (Wildman–Crippen LogP) is 3.21. The van der Waals surface area contributed by atoms with Crippen molar-refractivity contribution >= 4 is 17.5 Å². The summed E-state index contributed by atoms with van der Waals surface area (Å²) in [7, 11) is 0. The zero-order chi connectivity index (χ0) is 22.0. The molecule has 0 bridgehead atoms. The van der Waals surface area contributed by atoms with Crippen LogP contribution < -0.4 is 0 Å². The summed E-state index contributed by atoms with van der Waals surface area (Å²) in [6.45, 7) is 7.03. The smallest absolute Gasteiger partial charge is 0.303 e. The number of hydrogen-bond acceptors (Lipinski definition) is 5. The van der Waals surface area contributed by atoms with Crippen LogP contribution in [0.2, 0.25) is 0 Å². The number of aliphatic hydroxyl groups is 1. The van der Waals surface area contributed by atoms with Gasteiger partial charge in [-0.05, 0) is 60.2 Å². The Kier molecular flexibility index (Phi) is 5.08. The molecule has 3 saturated carbocycles. The number of fused-ring (bicyclic) bond motifs is 5. The topological polar surface area (TPSA) is 80.7 Å². The SMILES string of the molecule is CC(=O)OCC(=O)[C@H]1[C@H](C)C[C@H]2[C@@H]3C[C@H](F)C4=CC(=O)C=C[C@]4(C)[C@H]3[C@@H](O)C[C@@]21C. The van der Waals surface area contributed by atoms with Gasteiger partial charge in [0, 0.05) is 24.2 Å². The van der Waals surface area contributed by atoms with Crippen molar-refractivity contribution in [3.05, 3.63) is 23.8 Å². The minimum absolute atomic E-state index is 0.0697. The maximum Gasteiger partial charge on any atom is 0.303 e. The van der Waals surface area contributed by atoms with Gasteiger partial charge in [-0.2, -0.15) is 0 Å². The molecule has 4 rings (SSSR count). The van der Waals surface area contributed by atoms with Gasteiger partial charge in [-0.1, -0.05) is 26.8 Å². The molecule has 0 aromatic carbocycles. The van der Waals surface area contributed by atoms with Crippen molar-refractivity contribution in [3.8, 4) is 0 Å². The molecule has 0 saturated heterocycles. The number of aliphatic hydroxyl groups excluding tert-OH is 1. The predicted molar refractivity (Wildman–Crippen MR) is 108 cm³/mol. The van der Waals surface area contributed by atoms with E-state index in [4.69, 9.17) is 4.74 Å². The normalized spacial score (nSPS) is 47.1. The molecule has 0 amide bonds. The van der Waals surface area contributed by atoms with E-state index in [0.717, 1.165) is 6.42 Å². The fourth-order valence-electron chi connectivity index (χ4n) is 7.65. The van der Waals surface area contributed by atoms with Crippen LogP contribution in [-0.2, 0) is 19.1 Å². The number of esters is 1. The fourth-order valence-corrected chi connectivity index (χ4v) is 7.65. The second-order valence-corrected chi connectivity index (χ2v) is 10.3. The molecule has 5 nitrogen and oxygen atoms in total. The van der Waals surface area contributed by atoms with E-state index in [2.05, 4.69) is 0 Å². The Balaban J connectivity index is 1.69. The van der Waals surface area contributed by atoms with Gasteiger partial charge in [0.05, 0.1) is 6.10 Å². The highest BCUT2D eigenvalue weighted by atomic mass is 19.1. The molecule has 0 radical (unpaired) electrons. The molecule has 6 heteroatoms. The van der Waals surface area contributed by atoms with Crippen molar-refractivity contribution in [2.24, 2.45) is 40.4 Å². The minimum atomic E-state index is -1.23. The molecule has 0 spiro atoms. The summed E-state index contributed by atoms with van der Waals surface area (Å²) < 4.78 is 20.3. The van der Waals surface area contributed by atoms with Crippen molar-refractivity contribution in [2.75, 3.05) is 6.61 Å². The average Bonchev–Trinajstić information content (AvgIpc) is 2.91. The fraction of sp³-hybridized carbons (Fsp3) is 0.708. The summed E-state index contributed by atoms with van der Waals surface area (Å²) in [6, 6.07) is 0. The Morgan fingerprint density at radius 2 is 2.00 bits per heavy atom. The zero-order valence-electron chi connectivity index (χ0n) is 18.1. The van der Waals surface area contributed by atoms with Crippen LogP contribution in [0.15, 0.2) is 23.8 Å². The molecule has 164 valence electrons. The number of allylic oxidation sites excluding steroid dienone is 4. The summed E-state index contributed by atoms with van der Waals surface area (Å²) in [6.07, 6.45) is 4.23. The average molecular weight is 419 g/mol. The largest absolute Gasteiger partial charge is 0.458 e. The Hall–Kier alpha value is -1.82. The molecule has 1 N–H and O–H groups in total. The van der Waals surface area contributed by atoms with Gasteiger partial charge in [0.25, 0.3) is 0 Å². The van der Waals surface area contributed by atoms with Gasteiger partial charge in [-0.15, -0.1) is 0 Å². The summed E-state index contributed by atoms with van der Waals surface area (Å²) in [5, 5.41) is 11.3. The van der Waals surface area contributed by atoms with Crippen molar-refractivity contribution in [3.63, 3.8) is 0 Å². The van der Waals surface area contributed by atoms with E-state index in [1.54, 1.807) is 6.08 Å². The quantitative estimate of drug-likeness (QED) is 0.712. The zero-order valence-corrected chi connectivity index (χ0v) is 18.1. The first-order chi connectivity index (χ1) is 14.0. The van der Waals surface area contributed by atoms with Gasteiger partial charge in [0.15, 0.2) is 11.6 Å². The molecular formula is C24H31FO5. The number of alkyl halides is 1. The van der Waals surface area contributed by atoms with Gasteiger partial charge in [-0.3, -0.25) is 14.4 Å². The van der Waals surface area contributed by atoms with Gasteiger partial charge in [-0.25, -0.2) is 4.39 Å². The van der Waals surface area contributed by atoms with Gasteiger partial charge >= 0.3 is 5.97 Å². The van der Waals surface area contributed by atoms with Crippen LogP contribution in [0.1, 0.15) is 47.0 Å². The van der Waals surface area contributed by atoms with E-state index in [9.17, 15) is 19.5 Å². The van der Waals surface area contributed by atoms with E-state index in [-0.39, 0.29) is 54.2 Å². The third-order valence-corrected chi connectivity index (χ3v) is 8.58. The molecule has 0 unspecified atom stereocenters. The molecule has 9 atom stereocenters. The first kappa shape index (κ1) is 21.4. The maximum atomic E-state index is 15.3. The van der Waals surface area contributed by atoms with Gasteiger partial charge < -0.3 is 9.84 Å². The Morgan fingerprint density at radius 1 is 1.30 bits per heavy atom. The summed E-state index contributed by atoms with van der Waals surface area (Å²) >= 11 is 0.